The molecule has 2 heterocycles. The minimum Gasteiger partial charge on any atom is -0.336 e. The van der Waals surface area contributed by atoms with Gasteiger partial charge in [0.25, 0.3) is 5.91 Å². The predicted octanol–water partition coefficient (Wildman–Crippen LogP) is 1.37. The summed E-state index contributed by atoms with van der Waals surface area (Å²) < 4.78 is 0. The fourth-order valence-electron chi connectivity index (χ4n) is 3.31. The van der Waals surface area contributed by atoms with Crippen molar-refractivity contribution in [1.82, 2.24) is 15.1 Å². The molecule has 4 heteroatoms. The summed E-state index contributed by atoms with van der Waals surface area (Å²) in [5.74, 6) is 0.182. The van der Waals surface area contributed by atoms with Gasteiger partial charge in [-0.2, -0.15) is 0 Å². The maximum Gasteiger partial charge on any atom is 0.253 e. The van der Waals surface area contributed by atoms with E-state index in [1.165, 1.54) is 12.0 Å². The van der Waals surface area contributed by atoms with Crippen molar-refractivity contribution in [3.8, 4) is 0 Å². The Hall–Kier alpha value is -1.39. The first kappa shape index (κ1) is 14.5. The van der Waals surface area contributed by atoms with E-state index in [-0.39, 0.29) is 5.91 Å². The molecule has 1 unspecified atom stereocenters. The van der Waals surface area contributed by atoms with Crippen LogP contribution in [0.25, 0.3) is 0 Å². The molecule has 1 atom stereocenters. The van der Waals surface area contributed by atoms with E-state index in [4.69, 9.17) is 0 Å². The lowest BCUT2D eigenvalue weighted by molar-refractivity contribution is 0.0584. The molecule has 114 valence electrons. The van der Waals surface area contributed by atoms with Gasteiger partial charge < -0.3 is 10.2 Å². The second-order valence-corrected chi connectivity index (χ2v) is 6.03. The summed E-state index contributed by atoms with van der Waals surface area (Å²) in [4.78, 5) is 17.1. The number of benzene rings is 1. The fraction of sp³-hybridized carbons (Fsp3) is 0.588. The van der Waals surface area contributed by atoms with Crippen molar-refractivity contribution in [3.63, 3.8) is 0 Å². The first-order chi connectivity index (χ1) is 10.3. The van der Waals surface area contributed by atoms with Gasteiger partial charge >= 0.3 is 0 Å². The van der Waals surface area contributed by atoms with Crippen LogP contribution in [-0.4, -0.2) is 61.0 Å². The molecule has 2 fully saturated rings. The quantitative estimate of drug-likeness (QED) is 0.912. The summed E-state index contributed by atoms with van der Waals surface area (Å²) in [5, 5.41) is 3.42. The highest BCUT2D eigenvalue weighted by Crippen LogP contribution is 2.14. The van der Waals surface area contributed by atoms with E-state index in [1.807, 2.05) is 17.0 Å². The Kier molecular flexibility index (Phi) is 4.56. The van der Waals surface area contributed by atoms with Crippen LogP contribution in [-0.2, 0) is 6.42 Å². The molecule has 1 N–H and O–H groups in total. The summed E-state index contributed by atoms with van der Waals surface area (Å²) in [7, 11) is 0. The Bertz CT molecular complexity index is 471. The SMILES string of the molecule is CCc1ccc(C(=O)N2CCN(C3CCNC3)CC2)cc1. The molecule has 0 aliphatic carbocycles. The zero-order valence-corrected chi connectivity index (χ0v) is 12.8. The van der Waals surface area contributed by atoms with Gasteiger partial charge in [-0.25, -0.2) is 0 Å². The van der Waals surface area contributed by atoms with Crippen LogP contribution < -0.4 is 5.32 Å². The molecule has 0 radical (unpaired) electrons. The molecule has 0 saturated carbocycles. The van der Waals surface area contributed by atoms with E-state index >= 15 is 0 Å². The van der Waals surface area contributed by atoms with Crippen molar-refractivity contribution in [2.75, 3.05) is 39.3 Å². The molecule has 1 aromatic rings. The number of piperazine rings is 1. The van der Waals surface area contributed by atoms with Crippen LogP contribution in [0, 0.1) is 0 Å². The maximum absolute atomic E-state index is 12.5. The van der Waals surface area contributed by atoms with Gasteiger partial charge in [-0.05, 0) is 37.1 Å². The third kappa shape index (κ3) is 3.27. The van der Waals surface area contributed by atoms with E-state index < -0.39 is 0 Å². The molecule has 2 saturated heterocycles. The van der Waals surface area contributed by atoms with E-state index in [1.54, 1.807) is 0 Å². The summed E-state index contributed by atoms with van der Waals surface area (Å²) in [6.45, 7) is 8.08. The van der Waals surface area contributed by atoms with Gasteiger partial charge in [-0.1, -0.05) is 19.1 Å². The number of aryl methyl sites for hydroxylation is 1. The minimum absolute atomic E-state index is 0.182. The third-order valence-corrected chi connectivity index (χ3v) is 4.76. The van der Waals surface area contributed by atoms with E-state index in [0.29, 0.717) is 6.04 Å². The molecular formula is C17H25N3O. The van der Waals surface area contributed by atoms with Crippen LogP contribution in [0.4, 0.5) is 0 Å². The monoisotopic (exact) mass is 287 g/mol. The lowest BCUT2D eigenvalue weighted by atomic mass is 10.1. The Labute approximate surface area is 127 Å². The molecule has 4 nitrogen and oxygen atoms in total. The van der Waals surface area contributed by atoms with Crippen molar-refractivity contribution < 1.29 is 4.79 Å². The van der Waals surface area contributed by atoms with Crippen LogP contribution in [0.3, 0.4) is 0 Å². The van der Waals surface area contributed by atoms with Gasteiger partial charge in [0.2, 0.25) is 0 Å². The molecule has 1 amide bonds. The molecule has 0 bridgehead atoms. The second-order valence-electron chi connectivity index (χ2n) is 6.03. The van der Waals surface area contributed by atoms with Gasteiger partial charge in [0, 0.05) is 44.3 Å². The van der Waals surface area contributed by atoms with Crippen LogP contribution in [0.1, 0.15) is 29.3 Å². The Morgan fingerprint density at radius 1 is 1.19 bits per heavy atom. The van der Waals surface area contributed by atoms with E-state index in [9.17, 15) is 4.79 Å². The molecule has 21 heavy (non-hydrogen) atoms. The number of nitrogens with zero attached hydrogens (tertiary/aromatic N) is 2. The molecule has 3 rings (SSSR count). The van der Waals surface area contributed by atoms with Gasteiger partial charge in [0.15, 0.2) is 0 Å². The lowest BCUT2D eigenvalue weighted by Gasteiger charge is -2.37. The number of carbonyl (C=O) groups excluding carboxylic acids is 1. The minimum atomic E-state index is 0.182. The van der Waals surface area contributed by atoms with Crippen LogP contribution in [0.2, 0.25) is 0 Å². The first-order valence-electron chi connectivity index (χ1n) is 8.11. The second kappa shape index (κ2) is 6.58. The maximum atomic E-state index is 12.5. The van der Waals surface area contributed by atoms with Crippen LogP contribution >= 0.6 is 0 Å². The molecule has 2 aliphatic rings. The number of amides is 1. The average Bonchev–Trinajstić information content (AvgIpc) is 3.09. The largest absolute Gasteiger partial charge is 0.336 e. The molecular weight excluding hydrogens is 262 g/mol. The number of rotatable bonds is 3. The van der Waals surface area contributed by atoms with Gasteiger partial charge in [0.1, 0.15) is 0 Å². The van der Waals surface area contributed by atoms with Crippen LogP contribution in [0.5, 0.6) is 0 Å². The average molecular weight is 287 g/mol. The Morgan fingerprint density at radius 2 is 1.90 bits per heavy atom. The highest BCUT2D eigenvalue weighted by molar-refractivity contribution is 5.94. The topological polar surface area (TPSA) is 35.6 Å². The van der Waals surface area contributed by atoms with Gasteiger partial charge in [0.05, 0.1) is 0 Å². The zero-order valence-electron chi connectivity index (χ0n) is 12.8. The normalized spacial score (nSPS) is 23.5. The third-order valence-electron chi connectivity index (χ3n) is 4.76. The predicted molar refractivity (Wildman–Crippen MR) is 84.6 cm³/mol. The van der Waals surface area contributed by atoms with Crippen molar-refractivity contribution in [2.24, 2.45) is 0 Å². The van der Waals surface area contributed by atoms with Crippen molar-refractivity contribution in [1.29, 1.82) is 0 Å². The summed E-state index contributed by atoms with van der Waals surface area (Å²) >= 11 is 0. The number of carbonyl (C=O) groups is 1. The van der Waals surface area contributed by atoms with Crippen molar-refractivity contribution >= 4 is 5.91 Å². The smallest absolute Gasteiger partial charge is 0.253 e. The van der Waals surface area contributed by atoms with E-state index in [2.05, 4.69) is 29.3 Å². The summed E-state index contributed by atoms with van der Waals surface area (Å²) in [5.41, 5.74) is 2.10. The summed E-state index contributed by atoms with van der Waals surface area (Å²) in [6.07, 6.45) is 2.26. The van der Waals surface area contributed by atoms with Crippen LogP contribution in [0.15, 0.2) is 24.3 Å². The van der Waals surface area contributed by atoms with Crippen molar-refractivity contribution in [2.45, 2.75) is 25.8 Å². The fourth-order valence-corrected chi connectivity index (χ4v) is 3.31. The van der Waals surface area contributed by atoms with Crippen molar-refractivity contribution in [3.05, 3.63) is 35.4 Å². The summed E-state index contributed by atoms with van der Waals surface area (Å²) in [6, 6.07) is 8.73. The molecule has 0 aromatic heterocycles. The number of hydrogen-bond donors (Lipinski definition) is 1. The zero-order chi connectivity index (χ0) is 14.7. The molecule has 0 spiro atoms. The lowest BCUT2D eigenvalue weighted by Crippen LogP contribution is -2.52. The first-order valence-corrected chi connectivity index (χ1v) is 8.11. The molecule has 2 aliphatic heterocycles. The van der Waals surface area contributed by atoms with E-state index in [0.717, 1.165) is 51.3 Å². The van der Waals surface area contributed by atoms with Gasteiger partial charge in [-0.15, -0.1) is 0 Å². The highest BCUT2D eigenvalue weighted by atomic mass is 16.2. The number of nitrogens with one attached hydrogen (secondary N) is 1. The molecule has 1 aromatic carbocycles. The Morgan fingerprint density at radius 3 is 2.48 bits per heavy atom. The standard InChI is InChI=1S/C17H25N3O/c1-2-14-3-5-15(6-4-14)17(21)20-11-9-19(10-12-20)16-7-8-18-13-16/h3-6,16,18H,2,7-13H2,1H3. The van der Waals surface area contributed by atoms with Gasteiger partial charge in [-0.3, -0.25) is 9.69 Å². The Balaban J connectivity index is 1.56. The highest BCUT2D eigenvalue weighted by Gasteiger charge is 2.27. The number of hydrogen-bond acceptors (Lipinski definition) is 3.